The Balaban J connectivity index is 1.95. The van der Waals surface area contributed by atoms with Gasteiger partial charge in [-0.1, -0.05) is 24.3 Å². The Hall–Kier alpha value is -2.50. The lowest BCUT2D eigenvalue weighted by atomic mass is 9.80. The number of hydrogen-bond acceptors (Lipinski definition) is 3. The van der Waals surface area contributed by atoms with Crippen LogP contribution in [0, 0.1) is 0 Å². The second-order valence-corrected chi connectivity index (χ2v) is 7.32. The zero-order valence-electron chi connectivity index (χ0n) is 15.2. The quantitative estimate of drug-likeness (QED) is 0.598. The average Bonchev–Trinajstić information content (AvgIpc) is 3.07. The van der Waals surface area contributed by atoms with Crippen LogP contribution in [0.2, 0.25) is 0 Å². The Kier molecular flexibility index (Phi) is 4.36. The molecule has 0 radical (unpaired) electrons. The topological polar surface area (TPSA) is 74.3 Å². The Labute approximate surface area is 162 Å². The molecule has 140 valence electrons. The number of ether oxygens (including phenoxy) is 1. The van der Waals surface area contributed by atoms with Crippen molar-refractivity contribution in [1.82, 2.24) is 10.3 Å². The number of carbonyl (C=O) groups is 1. The molecule has 3 N–H and O–H groups in total. The number of aromatic nitrogens is 1. The third-order valence-electron chi connectivity index (χ3n) is 5.48. The van der Waals surface area contributed by atoms with Gasteiger partial charge in [0, 0.05) is 28.6 Å². The lowest BCUT2D eigenvalue weighted by Crippen LogP contribution is -2.54. The van der Waals surface area contributed by atoms with Gasteiger partial charge in [-0.25, -0.2) is 0 Å². The number of benzene rings is 2. The van der Waals surface area contributed by atoms with Crippen molar-refractivity contribution < 1.29 is 14.6 Å². The fourth-order valence-electron chi connectivity index (χ4n) is 4.09. The van der Waals surface area contributed by atoms with Crippen molar-refractivity contribution >= 4 is 28.5 Å². The second kappa shape index (κ2) is 6.59. The van der Waals surface area contributed by atoms with E-state index in [-0.39, 0.29) is 0 Å². The van der Waals surface area contributed by atoms with E-state index in [9.17, 15) is 9.90 Å². The third-order valence-corrected chi connectivity index (χ3v) is 5.77. The van der Waals surface area contributed by atoms with Crippen LogP contribution < -0.4 is 10.1 Å². The minimum atomic E-state index is -0.858. The highest BCUT2D eigenvalue weighted by molar-refractivity contribution is 6.17. The van der Waals surface area contributed by atoms with E-state index >= 15 is 0 Å². The number of H-pyrrole nitrogens is 1. The maximum atomic E-state index is 11.9. The molecule has 4 rings (SSSR count). The first kappa shape index (κ1) is 17.9. The molecule has 5 nitrogen and oxygen atoms in total. The van der Waals surface area contributed by atoms with Gasteiger partial charge in [0.25, 0.3) is 0 Å². The van der Waals surface area contributed by atoms with Gasteiger partial charge in [-0.2, -0.15) is 0 Å². The van der Waals surface area contributed by atoms with E-state index in [2.05, 4.69) is 10.3 Å². The Morgan fingerprint density at radius 1 is 1.33 bits per heavy atom. The highest BCUT2D eigenvalue weighted by Gasteiger charge is 2.42. The number of halogens is 1. The van der Waals surface area contributed by atoms with Crippen LogP contribution in [0.25, 0.3) is 10.9 Å². The summed E-state index contributed by atoms with van der Waals surface area (Å²) in [5.41, 5.74) is 4.16. The van der Waals surface area contributed by atoms with Crippen molar-refractivity contribution in [3.63, 3.8) is 0 Å². The van der Waals surface area contributed by atoms with Gasteiger partial charge in [0.1, 0.15) is 11.8 Å². The first-order valence-electron chi connectivity index (χ1n) is 8.82. The number of hydrogen-bond donors (Lipinski definition) is 3. The molecule has 2 unspecified atom stereocenters. The van der Waals surface area contributed by atoms with Crippen molar-refractivity contribution in [1.29, 1.82) is 0 Å². The zero-order chi connectivity index (χ0) is 19.2. The number of para-hydroxylation sites is 1. The van der Waals surface area contributed by atoms with E-state index in [1.54, 1.807) is 7.11 Å². The molecule has 0 amide bonds. The molecule has 1 aliphatic heterocycles. The monoisotopic (exact) mass is 384 g/mol. The summed E-state index contributed by atoms with van der Waals surface area (Å²) in [5.74, 6) is 0.178. The van der Waals surface area contributed by atoms with Crippen LogP contribution in [0.1, 0.15) is 29.3 Å². The summed E-state index contributed by atoms with van der Waals surface area (Å²) >= 11 is 6.11. The molecule has 3 aromatic rings. The van der Waals surface area contributed by atoms with Gasteiger partial charge >= 0.3 is 5.97 Å². The van der Waals surface area contributed by atoms with Crippen molar-refractivity contribution in [2.75, 3.05) is 7.11 Å². The Morgan fingerprint density at radius 3 is 2.81 bits per heavy atom. The summed E-state index contributed by atoms with van der Waals surface area (Å²) in [6, 6.07) is 13.2. The van der Waals surface area contributed by atoms with Gasteiger partial charge in [-0.05, 0) is 36.2 Å². The number of rotatable bonds is 4. The van der Waals surface area contributed by atoms with Crippen LogP contribution in [-0.2, 0) is 22.6 Å². The summed E-state index contributed by atoms with van der Waals surface area (Å²) in [6.07, 6.45) is 0.433. The van der Waals surface area contributed by atoms with Gasteiger partial charge in [0.05, 0.1) is 18.5 Å². The summed E-state index contributed by atoms with van der Waals surface area (Å²) in [7, 11) is 1.61. The zero-order valence-corrected chi connectivity index (χ0v) is 15.9. The lowest BCUT2D eigenvalue weighted by Gasteiger charge is -2.39. The average molecular weight is 385 g/mol. The van der Waals surface area contributed by atoms with Crippen LogP contribution in [0.15, 0.2) is 42.5 Å². The van der Waals surface area contributed by atoms with Crippen LogP contribution >= 0.6 is 11.6 Å². The van der Waals surface area contributed by atoms with Crippen molar-refractivity contribution in [3.8, 4) is 5.75 Å². The predicted octanol–water partition coefficient (Wildman–Crippen LogP) is 3.78. The van der Waals surface area contributed by atoms with Crippen LogP contribution in [0.4, 0.5) is 0 Å². The minimum absolute atomic E-state index is 0.314. The lowest BCUT2D eigenvalue weighted by molar-refractivity contribution is -0.140. The number of aliphatic carboxylic acids is 1. The van der Waals surface area contributed by atoms with E-state index in [0.29, 0.717) is 12.3 Å². The molecule has 0 fully saturated rings. The standard InChI is InChI=1S/C21H21ClN2O3/c1-21(13-7-8-18(27-2)12(9-13)11-22)19-15(10-17(24-21)20(25)26)14-5-3-4-6-16(14)23-19/h3-9,17,23-24H,10-11H2,1-2H3,(H,25,26). The number of fused-ring (bicyclic) bond motifs is 3. The van der Waals surface area contributed by atoms with Gasteiger partial charge < -0.3 is 14.8 Å². The van der Waals surface area contributed by atoms with E-state index < -0.39 is 17.6 Å². The molecule has 1 aromatic heterocycles. The number of carboxylic acids is 1. The fourth-order valence-corrected chi connectivity index (χ4v) is 4.29. The molecule has 1 aliphatic rings. The summed E-state index contributed by atoms with van der Waals surface area (Å²) in [6.45, 7) is 2.01. The maximum absolute atomic E-state index is 11.9. The normalized spacial score (nSPS) is 21.8. The molecular weight excluding hydrogens is 364 g/mol. The number of methoxy groups -OCH3 is 1. The molecule has 2 aromatic carbocycles. The number of alkyl halides is 1. The molecular formula is C21H21ClN2O3. The van der Waals surface area contributed by atoms with E-state index in [1.165, 1.54) is 0 Å². The smallest absolute Gasteiger partial charge is 0.321 e. The number of nitrogens with one attached hydrogen (secondary N) is 2. The summed E-state index contributed by atoms with van der Waals surface area (Å²) in [4.78, 5) is 15.4. The molecule has 2 atom stereocenters. The first-order valence-corrected chi connectivity index (χ1v) is 9.35. The SMILES string of the molecule is COc1ccc(C2(C)NC(C(=O)O)Cc3c2[nH]c2ccccc32)cc1CCl. The second-order valence-electron chi connectivity index (χ2n) is 7.05. The van der Waals surface area contributed by atoms with E-state index in [4.69, 9.17) is 16.3 Å². The highest BCUT2D eigenvalue weighted by Crippen LogP contribution is 2.40. The molecule has 0 aliphatic carbocycles. The number of aromatic amines is 1. The van der Waals surface area contributed by atoms with E-state index in [0.717, 1.165) is 39.0 Å². The molecule has 0 saturated heterocycles. The Morgan fingerprint density at radius 2 is 2.11 bits per heavy atom. The van der Waals surface area contributed by atoms with Crippen molar-refractivity contribution in [3.05, 3.63) is 64.8 Å². The minimum Gasteiger partial charge on any atom is -0.496 e. The predicted molar refractivity (Wildman–Crippen MR) is 106 cm³/mol. The fraction of sp³-hybridized carbons (Fsp3) is 0.286. The summed E-state index contributed by atoms with van der Waals surface area (Å²) in [5, 5.41) is 14.1. The first-order chi connectivity index (χ1) is 13.0. The summed E-state index contributed by atoms with van der Waals surface area (Å²) < 4.78 is 5.38. The van der Waals surface area contributed by atoms with Gasteiger partial charge in [-0.3, -0.25) is 10.1 Å². The van der Waals surface area contributed by atoms with E-state index in [1.807, 2.05) is 49.4 Å². The van der Waals surface area contributed by atoms with Gasteiger partial charge in [0.2, 0.25) is 0 Å². The molecule has 0 bridgehead atoms. The van der Waals surface area contributed by atoms with Crippen LogP contribution in [0.3, 0.4) is 0 Å². The molecule has 0 saturated carbocycles. The highest BCUT2D eigenvalue weighted by atomic mass is 35.5. The van der Waals surface area contributed by atoms with Crippen molar-refractivity contribution in [2.24, 2.45) is 0 Å². The molecule has 2 heterocycles. The van der Waals surface area contributed by atoms with Crippen LogP contribution in [-0.4, -0.2) is 29.2 Å². The van der Waals surface area contributed by atoms with Crippen molar-refractivity contribution in [2.45, 2.75) is 30.8 Å². The molecule has 27 heavy (non-hydrogen) atoms. The molecule has 6 heteroatoms. The van der Waals surface area contributed by atoms with Gasteiger partial charge in [-0.15, -0.1) is 11.6 Å². The van der Waals surface area contributed by atoms with Gasteiger partial charge in [0.15, 0.2) is 0 Å². The van der Waals surface area contributed by atoms with Crippen LogP contribution in [0.5, 0.6) is 5.75 Å². The Bertz CT molecular complexity index is 1030. The number of carboxylic acid groups (broad SMARTS) is 1. The maximum Gasteiger partial charge on any atom is 0.321 e. The third kappa shape index (κ3) is 2.78. The largest absolute Gasteiger partial charge is 0.496 e. The molecule has 0 spiro atoms.